The maximum Gasteiger partial charge on any atom is 0.224 e. The van der Waals surface area contributed by atoms with Gasteiger partial charge in [-0.05, 0) is 24.3 Å². The van der Waals surface area contributed by atoms with E-state index in [2.05, 4.69) is 12.1 Å². The Hall–Kier alpha value is -1.39. The Labute approximate surface area is 120 Å². The minimum Gasteiger partial charge on any atom is -0.381 e. The first-order chi connectivity index (χ1) is 9.79. The molecule has 0 radical (unpaired) electrons. The molecule has 1 aliphatic rings. The fourth-order valence-electron chi connectivity index (χ4n) is 2.58. The molecular formula is C16H24N2O2. The molecule has 0 unspecified atom stereocenters. The maximum absolute atomic E-state index is 12.2. The highest BCUT2D eigenvalue weighted by Gasteiger charge is 2.20. The number of rotatable bonds is 6. The average molecular weight is 276 g/mol. The van der Waals surface area contributed by atoms with Gasteiger partial charge in [-0.2, -0.15) is 0 Å². The molecule has 0 spiro atoms. The zero-order valence-corrected chi connectivity index (χ0v) is 12.0. The van der Waals surface area contributed by atoms with Crippen molar-refractivity contribution in [3.8, 4) is 0 Å². The van der Waals surface area contributed by atoms with Gasteiger partial charge >= 0.3 is 0 Å². The highest BCUT2D eigenvalue weighted by Crippen LogP contribution is 2.18. The zero-order chi connectivity index (χ0) is 14.2. The molecule has 1 amide bonds. The summed E-state index contributed by atoms with van der Waals surface area (Å²) in [6.07, 6.45) is 2.51. The number of hydrogen-bond donors (Lipinski definition) is 1. The molecule has 1 saturated heterocycles. The Morgan fingerprint density at radius 3 is 2.60 bits per heavy atom. The van der Waals surface area contributed by atoms with E-state index in [-0.39, 0.29) is 5.91 Å². The third kappa shape index (κ3) is 4.62. The normalized spacial score (nSPS) is 16.1. The summed E-state index contributed by atoms with van der Waals surface area (Å²) < 4.78 is 5.38. The van der Waals surface area contributed by atoms with E-state index < -0.39 is 0 Å². The topological polar surface area (TPSA) is 55.6 Å². The van der Waals surface area contributed by atoms with Crippen LogP contribution in [0.2, 0.25) is 0 Å². The second-order valence-electron chi connectivity index (χ2n) is 5.35. The van der Waals surface area contributed by atoms with Crippen molar-refractivity contribution in [2.75, 3.05) is 26.3 Å². The van der Waals surface area contributed by atoms with E-state index in [9.17, 15) is 4.79 Å². The van der Waals surface area contributed by atoms with Gasteiger partial charge in [0, 0.05) is 39.3 Å². The highest BCUT2D eigenvalue weighted by molar-refractivity contribution is 5.76. The Balaban J connectivity index is 1.98. The summed E-state index contributed by atoms with van der Waals surface area (Å²) in [7, 11) is 0. The summed E-state index contributed by atoms with van der Waals surface area (Å²) in [5.41, 5.74) is 6.70. The molecular weight excluding hydrogens is 252 g/mol. The van der Waals surface area contributed by atoms with Crippen molar-refractivity contribution in [1.29, 1.82) is 0 Å². The Kier molecular flexibility index (Phi) is 6.02. The summed E-state index contributed by atoms with van der Waals surface area (Å²) in [6, 6.07) is 10.1. The predicted molar refractivity (Wildman–Crippen MR) is 79.1 cm³/mol. The number of hydrogen-bond acceptors (Lipinski definition) is 3. The molecule has 20 heavy (non-hydrogen) atoms. The molecule has 4 heteroatoms. The van der Waals surface area contributed by atoms with Gasteiger partial charge in [0.15, 0.2) is 0 Å². The quantitative estimate of drug-likeness (QED) is 0.862. The number of benzene rings is 1. The molecule has 0 aliphatic carbocycles. The molecule has 1 heterocycles. The van der Waals surface area contributed by atoms with Gasteiger partial charge in [0.25, 0.3) is 0 Å². The molecule has 2 rings (SSSR count). The van der Waals surface area contributed by atoms with Gasteiger partial charge in [-0.25, -0.2) is 0 Å². The lowest BCUT2D eigenvalue weighted by Gasteiger charge is -2.30. The molecule has 1 aliphatic heterocycles. The van der Waals surface area contributed by atoms with Crippen LogP contribution in [0.25, 0.3) is 0 Å². The third-order valence-corrected chi connectivity index (χ3v) is 3.75. The first-order valence-electron chi connectivity index (χ1n) is 7.39. The van der Waals surface area contributed by atoms with Crippen molar-refractivity contribution in [3.63, 3.8) is 0 Å². The number of nitrogens with zero attached hydrogens (tertiary/aromatic N) is 1. The molecule has 4 nitrogen and oxygen atoms in total. The van der Waals surface area contributed by atoms with Crippen molar-refractivity contribution in [3.05, 3.63) is 35.9 Å². The lowest BCUT2D eigenvalue weighted by molar-refractivity contribution is -0.132. The first kappa shape index (κ1) is 15.0. The summed E-state index contributed by atoms with van der Waals surface area (Å²) >= 11 is 0. The van der Waals surface area contributed by atoms with Crippen LogP contribution < -0.4 is 5.73 Å². The molecule has 0 atom stereocenters. The van der Waals surface area contributed by atoms with E-state index in [1.807, 2.05) is 23.1 Å². The van der Waals surface area contributed by atoms with Gasteiger partial charge < -0.3 is 15.4 Å². The monoisotopic (exact) mass is 276 g/mol. The number of ether oxygens (including phenoxy) is 1. The van der Waals surface area contributed by atoms with E-state index in [0.717, 1.165) is 32.6 Å². The summed E-state index contributed by atoms with van der Waals surface area (Å²) in [5, 5.41) is 0. The molecule has 0 aromatic heterocycles. The fourth-order valence-corrected chi connectivity index (χ4v) is 2.58. The van der Waals surface area contributed by atoms with Crippen molar-refractivity contribution in [2.45, 2.75) is 25.8 Å². The van der Waals surface area contributed by atoms with Crippen LogP contribution in [0, 0.1) is 5.92 Å². The summed E-state index contributed by atoms with van der Waals surface area (Å²) in [6.45, 7) is 3.54. The molecule has 110 valence electrons. The molecule has 0 bridgehead atoms. The second-order valence-corrected chi connectivity index (χ2v) is 5.35. The first-order valence-corrected chi connectivity index (χ1v) is 7.39. The van der Waals surface area contributed by atoms with Gasteiger partial charge in [-0.15, -0.1) is 0 Å². The van der Waals surface area contributed by atoms with Crippen LogP contribution in [0.1, 0.15) is 24.8 Å². The van der Waals surface area contributed by atoms with Crippen molar-refractivity contribution in [2.24, 2.45) is 11.7 Å². The van der Waals surface area contributed by atoms with Gasteiger partial charge in [-0.1, -0.05) is 30.3 Å². The van der Waals surface area contributed by atoms with E-state index in [0.29, 0.717) is 25.4 Å². The van der Waals surface area contributed by atoms with Crippen LogP contribution in [-0.4, -0.2) is 37.1 Å². The molecule has 2 N–H and O–H groups in total. The molecule has 1 aromatic carbocycles. The van der Waals surface area contributed by atoms with Crippen molar-refractivity contribution in [1.82, 2.24) is 4.90 Å². The van der Waals surface area contributed by atoms with Crippen LogP contribution in [0.4, 0.5) is 0 Å². The Morgan fingerprint density at radius 2 is 1.95 bits per heavy atom. The van der Waals surface area contributed by atoms with E-state index >= 15 is 0 Å². The van der Waals surface area contributed by atoms with Gasteiger partial charge in [-0.3, -0.25) is 4.79 Å². The summed E-state index contributed by atoms with van der Waals surface area (Å²) in [4.78, 5) is 14.2. The van der Waals surface area contributed by atoms with Crippen LogP contribution >= 0.6 is 0 Å². The number of carbonyl (C=O) groups is 1. The van der Waals surface area contributed by atoms with E-state index in [1.165, 1.54) is 5.56 Å². The predicted octanol–water partition coefficient (Wildman–Crippen LogP) is 1.79. The van der Waals surface area contributed by atoms with Gasteiger partial charge in [0.05, 0.1) is 0 Å². The van der Waals surface area contributed by atoms with Gasteiger partial charge in [0.2, 0.25) is 5.91 Å². The second kappa shape index (κ2) is 8.02. The SMILES string of the molecule is NCCC(=O)N(Cc1ccccc1)CC1CCOCC1. The van der Waals surface area contributed by atoms with Crippen molar-refractivity contribution >= 4 is 5.91 Å². The van der Waals surface area contributed by atoms with E-state index in [1.54, 1.807) is 0 Å². The maximum atomic E-state index is 12.2. The average Bonchev–Trinajstić information content (AvgIpc) is 2.49. The van der Waals surface area contributed by atoms with Crippen LogP contribution in [0.5, 0.6) is 0 Å². The minimum absolute atomic E-state index is 0.155. The Bertz CT molecular complexity index is 402. The molecule has 0 saturated carbocycles. The number of nitrogens with two attached hydrogens (primary N) is 1. The smallest absolute Gasteiger partial charge is 0.224 e. The van der Waals surface area contributed by atoms with Crippen LogP contribution in [0.15, 0.2) is 30.3 Å². The minimum atomic E-state index is 0.155. The largest absolute Gasteiger partial charge is 0.381 e. The van der Waals surface area contributed by atoms with Crippen molar-refractivity contribution < 1.29 is 9.53 Å². The van der Waals surface area contributed by atoms with Crippen LogP contribution in [0.3, 0.4) is 0 Å². The lowest BCUT2D eigenvalue weighted by Crippen LogP contribution is -2.37. The Morgan fingerprint density at radius 1 is 1.25 bits per heavy atom. The van der Waals surface area contributed by atoms with Crippen LogP contribution in [-0.2, 0) is 16.1 Å². The number of carbonyl (C=O) groups excluding carboxylic acids is 1. The highest BCUT2D eigenvalue weighted by atomic mass is 16.5. The fraction of sp³-hybridized carbons (Fsp3) is 0.562. The zero-order valence-electron chi connectivity index (χ0n) is 12.0. The molecule has 1 fully saturated rings. The third-order valence-electron chi connectivity index (χ3n) is 3.75. The molecule has 1 aromatic rings. The van der Waals surface area contributed by atoms with Gasteiger partial charge in [0.1, 0.15) is 0 Å². The summed E-state index contributed by atoms with van der Waals surface area (Å²) in [5.74, 6) is 0.706. The standard InChI is InChI=1S/C16H24N2O2/c17-9-6-16(19)18(12-14-4-2-1-3-5-14)13-15-7-10-20-11-8-15/h1-5,15H,6-13,17H2. The number of amides is 1. The lowest BCUT2D eigenvalue weighted by atomic mass is 9.99. The van der Waals surface area contributed by atoms with E-state index in [4.69, 9.17) is 10.5 Å².